The Morgan fingerprint density at radius 1 is 1.55 bits per heavy atom. The van der Waals surface area contributed by atoms with Gasteiger partial charge in [-0.2, -0.15) is 0 Å². The summed E-state index contributed by atoms with van der Waals surface area (Å²) >= 11 is 0. The molecule has 0 fully saturated rings. The molecule has 0 unspecified atom stereocenters. The number of phenols is 1. The fourth-order valence-electron chi connectivity index (χ4n) is 0.902. The third-order valence-corrected chi connectivity index (χ3v) is 1.39. The molecule has 56 valence electrons. The lowest BCUT2D eigenvalue weighted by atomic mass is 10.3. The zero-order valence-electron chi connectivity index (χ0n) is 5.39. The SMILES string of the molecule is [O-][n+]1onc2cccc(O)c21. The van der Waals surface area contributed by atoms with Crippen LogP contribution in [0.3, 0.4) is 0 Å². The van der Waals surface area contributed by atoms with Crippen molar-refractivity contribution in [3.8, 4) is 5.75 Å². The highest BCUT2D eigenvalue weighted by Gasteiger charge is 2.12. The zero-order chi connectivity index (χ0) is 7.84. The second-order valence-electron chi connectivity index (χ2n) is 2.07. The van der Waals surface area contributed by atoms with Gasteiger partial charge in [-0.25, -0.2) is 0 Å². The minimum atomic E-state index is -0.126. The van der Waals surface area contributed by atoms with Crippen LogP contribution in [0.2, 0.25) is 0 Å². The number of aromatic hydroxyl groups is 1. The van der Waals surface area contributed by atoms with E-state index >= 15 is 0 Å². The van der Waals surface area contributed by atoms with Crippen molar-refractivity contribution in [1.82, 2.24) is 5.16 Å². The standard InChI is InChI=1S/C6H4N2O3/c9-5-3-1-2-4-6(5)8(10)11-7-4/h1-3,9H. The molecule has 5 heteroatoms. The molecule has 11 heavy (non-hydrogen) atoms. The molecular weight excluding hydrogens is 148 g/mol. The van der Waals surface area contributed by atoms with Crippen molar-refractivity contribution in [2.75, 3.05) is 0 Å². The molecule has 1 aromatic carbocycles. The molecule has 2 aromatic rings. The number of hydrogen-bond acceptors (Lipinski definition) is 4. The second-order valence-corrected chi connectivity index (χ2v) is 2.07. The molecule has 0 bridgehead atoms. The monoisotopic (exact) mass is 152 g/mol. The summed E-state index contributed by atoms with van der Waals surface area (Å²) in [6, 6.07) is 4.56. The average molecular weight is 152 g/mol. The molecular formula is C6H4N2O3. The van der Waals surface area contributed by atoms with E-state index in [4.69, 9.17) is 5.11 Å². The highest BCUT2D eigenvalue weighted by molar-refractivity contribution is 5.76. The molecule has 2 rings (SSSR count). The maximum atomic E-state index is 10.7. The van der Waals surface area contributed by atoms with E-state index in [1.807, 2.05) is 0 Å². The molecule has 1 aromatic heterocycles. The van der Waals surface area contributed by atoms with Crippen molar-refractivity contribution in [3.05, 3.63) is 23.4 Å². The van der Waals surface area contributed by atoms with Crippen molar-refractivity contribution < 1.29 is 14.6 Å². The van der Waals surface area contributed by atoms with Gasteiger partial charge < -0.3 is 10.3 Å². The van der Waals surface area contributed by atoms with Gasteiger partial charge in [0.05, 0.1) is 0 Å². The smallest absolute Gasteiger partial charge is 0.267 e. The lowest BCUT2D eigenvalue weighted by Gasteiger charge is -1.88. The van der Waals surface area contributed by atoms with Gasteiger partial charge >= 0.3 is 0 Å². The van der Waals surface area contributed by atoms with Gasteiger partial charge in [0.25, 0.3) is 11.0 Å². The van der Waals surface area contributed by atoms with E-state index in [1.165, 1.54) is 6.07 Å². The molecule has 5 nitrogen and oxygen atoms in total. The predicted molar refractivity (Wildman–Crippen MR) is 34.6 cm³/mol. The molecule has 0 aliphatic carbocycles. The molecule has 0 aliphatic rings. The number of hydrogen-bond donors (Lipinski definition) is 1. The van der Waals surface area contributed by atoms with Gasteiger partial charge in [0, 0.05) is 5.16 Å². The Morgan fingerprint density at radius 3 is 3.09 bits per heavy atom. The minimum absolute atomic E-state index is 0.0625. The molecule has 1 heterocycles. The van der Waals surface area contributed by atoms with E-state index in [0.717, 1.165) is 0 Å². The lowest BCUT2D eigenvalue weighted by molar-refractivity contribution is -0.782. The second kappa shape index (κ2) is 1.85. The number of para-hydroxylation sites is 1. The van der Waals surface area contributed by atoms with Crippen molar-refractivity contribution in [3.63, 3.8) is 0 Å². The average Bonchev–Trinajstić information content (AvgIpc) is 2.34. The van der Waals surface area contributed by atoms with Gasteiger partial charge in [0.2, 0.25) is 0 Å². The number of rotatable bonds is 0. The number of phenolic OH excluding ortho intramolecular Hbond substituents is 1. The molecule has 0 radical (unpaired) electrons. The number of aromatic nitrogens is 2. The van der Waals surface area contributed by atoms with Gasteiger partial charge in [-0.15, -0.1) is 0 Å². The molecule has 0 saturated heterocycles. The summed E-state index contributed by atoms with van der Waals surface area (Å²) in [5.74, 6) is -0.126. The largest absolute Gasteiger partial charge is 0.504 e. The van der Waals surface area contributed by atoms with Crippen LogP contribution < -0.4 is 4.90 Å². The minimum Gasteiger partial charge on any atom is -0.504 e. The summed E-state index contributed by atoms with van der Waals surface area (Å²) < 4.78 is 4.25. The molecule has 0 amide bonds. The summed E-state index contributed by atoms with van der Waals surface area (Å²) in [6.45, 7) is 0. The van der Waals surface area contributed by atoms with Crippen LogP contribution in [0.15, 0.2) is 22.8 Å². The Hall–Kier alpha value is -1.78. The fourth-order valence-corrected chi connectivity index (χ4v) is 0.902. The van der Waals surface area contributed by atoms with Crippen molar-refractivity contribution in [1.29, 1.82) is 0 Å². The summed E-state index contributed by atoms with van der Waals surface area (Å²) in [4.78, 5) is 0.171. The van der Waals surface area contributed by atoms with Crippen molar-refractivity contribution >= 4 is 11.0 Å². The van der Waals surface area contributed by atoms with Gasteiger partial charge in [-0.3, -0.25) is 4.63 Å². The van der Waals surface area contributed by atoms with E-state index in [2.05, 4.69) is 9.79 Å². The maximum absolute atomic E-state index is 10.7. The summed E-state index contributed by atoms with van der Waals surface area (Å²) in [6.07, 6.45) is 0. The van der Waals surface area contributed by atoms with E-state index < -0.39 is 0 Å². The Balaban J connectivity index is 2.96. The van der Waals surface area contributed by atoms with Gasteiger partial charge in [-0.1, -0.05) is 6.07 Å². The van der Waals surface area contributed by atoms with E-state index in [0.29, 0.717) is 5.52 Å². The lowest BCUT2D eigenvalue weighted by Crippen LogP contribution is -2.22. The summed E-state index contributed by atoms with van der Waals surface area (Å²) in [7, 11) is 0. The van der Waals surface area contributed by atoms with Crippen molar-refractivity contribution in [2.45, 2.75) is 0 Å². The van der Waals surface area contributed by atoms with Crippen molar-refractivity contribution in [2.24, 2.45) is 0 Å². The highest BCUT2D eigenvalue weighted by Crippen LogP contribution is 2.18. The Morgan fingerprint density at radius 2 is 2.36 bits per heavy atom. The molecule has 1 N–H and O–H groups in total. The van der Waals surface area contributed by atoms with E-state index in [9.17, 15) is 5.21 Å². The first-order chi connectivity index (χ1) is 5.29. The van der Waals surface area contributed by atoms with Crippen LogP contribution in [-0.2, 0) is 0 Å². The normalized spacial score (nSPS) is 10.5. The zero-order valence-corrected chi connectivity index (χ0v) is 5.39. The molecule has 0 spiro atoms. The van der Waals surface area contributed by atoms with Crippen LogP contribution in [0.1, 0.15) is 0 Å². The first-order valence-corrected chi connectivity index (χ1v) is 2.96. The van der Waals surface area contributed by atoms with Crippen LogP contribution >= 0.6 is 0 Å². The fraction of sp³-hybridized carbons (Fsp3) is 0. The Kier molecular flexibility index (Phi) is 1.00. The highest BCUT2D eigenvalue weighted by atomic mass is 16.8. The summed E-state index contributed by atoms with van der Waals surface area (Å²) in [5.41, 5.74) is 0.410. The third kappa shape index (κ3) is 0.706. The number of fused-ring (bicyclic) bond motifs is 1. The van der Waals surface area contributed by atoms with Crippen LogP contribution in [0, 0.1) is 5.21 Å². The van der Waals surface area contributed by atoms with Crippen LogP contribution in [0.5, 0.6) is 5.75 Å². The maximum Gasteiger partial charge on any atom is 0.267 e. The quantitative estimate of drug-likeness (QED) is 0.546. The molecule has 0 saturated carbocycles. The van der Waals surface area contributed by atoms with Crippen LogP contribution in [-0.4, -0.2) is 10.3 Å². The molecule has 0 atom stereocenters. The molecule has 0 aliphatic heterocycles. The topological polar surface area (TPSA) is 73.2 Å². The van der Waals surface area contributed by atoms with Gasteiger partial charge in [0.15, 0.2) is 5.75 Å². The summed E-state index contributed by atoms with van der Waals surface area (Å²) in [5, 5.41) is 23.2. The van der Waals surface area contributed by atoms with E-state index in [1.54, 1.807) is 12.1 Å². The first-order valence-electron chi connectivity index (χ1n) is 2.96. The predicted octanol–water partition coefficient (Wildman–Crippen LogP) is 0.167. The first kappa shape index (κ1) is 5.96. The number of nitrogens with zero attached hydrogens (tertiary/aromatic N) is 2. The third-order valence-electron chi connectivity index (χ3n) is 1.39. The van der Waals surface area contributed by atoms with Crippen LogP contribution in [0.4, 0.5) is 0 Å². The van der Waals surface area contributed by atoms with E-state index in [-0.39, 0.29) is 16.2 Å². The Labute approximate surface area is 61.0 Å². The number of benzene rings is 1. The van der Waals surface area contributed by atoms with Gasteiger partial charge in [-0.05, 0) is 17.0 Å². The van der Waals surface area contributed by atoms with Gasteiger partial charge in [0.1, 0.15) is 0 Å². The Bertz CT molecular complexity index is 396. The van der Waals surface area contributed by atoms with Crippen LogP contribution in [0.25, 0.3) is 11.0 Å².